The van der Waals surface area contributed by atoms with Gasteiger partial charge in [0, 0.05) is 16.8 Å². The number of hydrogen-bond donors (Lipinski definition) is 2. The number of benzene rings is 3. The highest BCUT2D eigenvalue weighted by molar-refractivity contribution is 6.06. The fourth-order valence-electron chi connectivity index (χ4n) is 3.15. The van der Waals surface area contributed by atoms with E-state index in [-0.39, 0.29) is 0 Å². The van der Waals surface area contributed by atoms with E-state index < -0.39 is 5.91 Å². The topological polar surface area (TPSA) is 71.7 Å². The van der Waals surface area contributed by atoms with Crippen LogP contribution in [0, 0.1) is 0 Å². The lowest BCUT2D eigenvalue weighted by molar-refractivity contribution is -0.124. The Morgan fingerprint density at radius 1 is 1.04 bits per heavy atom. The number of methoxy groups -OCH3 is 1. The molecule has 1 heterocycles. The molecular formula is C22H17NO4. The van der Waals surface area contributed by atoms with Crippen molar-refractivity contribution in [3.05, 3.63) is 72.3 Å². The average molecular weight is 359 g/mol. The summed E-state index contributed by atoms with van der Waals surface area (Å²) >= 11 is 0. The zero-order valence-electron chi connectivity index (χ0n) is 14.6. The molecule has 2 N–H and O–H groups in total. The van der Waals surface area contributed by atoms with Crippen molar-refractivity contribution < 1.29 is 19.2 Å². The fraction of sp³-hybridized carbons (Fsp3) is 0.0455. The molecule has 134 valence electrons. The molecule has 0 saturated carbocycles. The van der Waals surface area contributed by atoms with Gasteiger partial charge in [0.05, 0.1) is 7.11 Å². The molecule has 0 unspecified atom stereocenters. The predicted molar refractivity (Wildman–Crippen MR) is 105 cm³/mol. The summed E-state index contributed by atoms with van der Waals surface area (Å²) in [5.74, 6) is 0.114. The molecule has 4 rings (SSSR count). The first-order valence-corrected chi connectivity index (χ1v) is 8.41. The van der Waals surface area contributed by atoms with Crippen molar-refractivity contribution >= 4 is 33.9 Å². The smallest absolute Gasteiger partial charge is 0.267 e. The van der Waals surface area contributed by atoms with Gasteiger partial charge in [-0.05, 0) is 53.1 Å². The van der Waals surface area contributed by atoms with Crippen molar-refractivity contribution in [1.82, 2.24) is 5.48 Å². The van der Waals surface area contributed by atoms with Crippen molar-refractivity contribution in [3.63, 3.8) is 0 Å². The van der Waals surface area contributed by atoms with Gasteiger partial charge in [0.2, 0.25) is 0 Å². The number of hydrogen-bond acceptors (Lipinski definition) is 4. The summed E-state index contributed by atoms with van der Waals surface area (Å²) in [6.45, 7) is 0. The third kappa shape index (κ3) is 3.16. The number of ether oxygens (including phenoxy) is 1. The van der Waals surface area contributed by atoms with Gasteiger partial charge in [-0.15, -0.1) is 0 Å². The molecule has 0 spiro atoms. The molecule has 1 amide bonds. The molecular weight excluding hydrogens is 342 g/mol. The van der Waals surface area contributed by atoms with Crippen molar-refractivity contribution in [2.45, 2.75) is 0 Å². The molecule has 0 aliphatic carbocycles. The quantitative estimate of drug-likeness (QED) is 0.312. The van der Waals surface area contributed by atoms with Gasteiger partial charge in [-0.3, -0.25) is 10.0 Å². The van der Waals surface area contributed by atoms with E-state index in [2.05, 4.69) is 0 Å². The van der Waals surface area contributed by atoms with E-state index in [4.69, 9.17) is 14.4 Å². The number of carbonyl (C=O) groups excluding carboxylic acids is 1. The molecule has 27 heavy (non-hydrogen) atoms. The van der Waals surface area contributed by atoms with Crippen molar-refractivity contribution in [2.24, 2.45) is 0 Å². The van der Waals surface area contributed by atoms with E-state index in [1.807, 2.05) is 60.7 Å². The first-order chi connectivity index (χ1) is 13.2. The molecule has 1 aromatic heterocycles. The van der Waals surface area contributed by atoms with Gasteiger partial charge in [0.15, 0.2) is 0 Å². The minimum atomic E-state index is -0.593. The monoisotopic (exact) mass is 359 g/mol. The average Bonchev–Trinajstić information content (AvgIpc) is 3.09. The number of furan rings is 1. The summed E-state index contributed by atoms with van der Waals surface area (Å²) < 4.78 is 11.3. The Kier molecular flexibility index (Phi) is 4.36. The molecule has 0 radical (unpaired) electrons. The Labute approximate surface area is 155 Å². The lowest BCUT2D eigenvalue weighted by Gasteiger charge is -2.09. The summed E-state index contributed by atoms with van der Waals surface area (Å²) in [5, 5.41) is 10.8. The molecule has 0 aliphatic rings. The predicted octanol–water partition coefficient (Wildman–Crippen LogP) is 4.78. The van der Waals surface area contributed by atoms with E-state index in [1.54, 1.807) is 18.7 Å². The minimum Gasteiger partial charge on any atom is -0.497 e. The Morgan fingerprint density at radius 2 is 1.85 bits per heavy atom. The van der Waals surface area contributed by atoms with Gasteiger partial charge in [0.25, 0.3) is 5.91 Å². The number of rotatable bonds is 4. The lowest BCUT2D eigenvalue weighted by Crippen LogP contribution is -2.14. The standard InChI is InChI=1S/C22H17NO4/c1-26-16-9-6-14(8-11-22(24)23-25)19(13-16)15-7-10-18-17-4-2-3-5-20(17)27-21(18)12-15/h2-13,25H,1H3,(H,23,24)/b11-8+. The maximum absolute atomic E-state index is 11.3. The first kappa shape index (κ1) is 16.9. The van der Waals surface area contributed by atoms with Gasteiger partial charge < -0.3 is 9.15 Å². The van der Waals surface area contributed by atoms with Crippen LogP contribution in [0.5, 0.6) is 5.75 Å². The molecule has 0 atom stereocenters. The van der Waals surface area contributed by atoms with Gasteiger partial charge in [-0.1, -0.05) is 30.3 Å². The van der Waals surface area contributed by atoms with Crippen LogP contribution >= 0.6 is 0 Å². The third-order valence-electron chi connectivity index (χ3n) is 4.47. The third-order valence-corrected chi connectivity index (χ3v) is 4.47. The van der Waals surface area contributed by atoms with Crippen molar-refractivity contribution in [3.8, 4) is 16.9 Å². The second kappa shape index (κ2) is 6.97. The fourth-order valence-corrected chi connectivity index (χ4v) is 3.15. The molecule has 0 fully saturated rings. The first-order valence-electron chi connectivity index (χ1n) is 8.41. The number of fused-ring (bicyclic) bond motifs is 3. The molecule has 4 aromatic rings. The molecule has 0 saturated heterocycles. The summed E-state index contributed by atoms with van der Waals surface area (Å²) in [7, 11) is 1.61. The second-order valence-electron chi connectivity index (χ2n) is 6.07. The van der Waals surface area contributed by atoms with Crippen LogP contribution in [0.1, 0.15) is 5.56 Å². The number of nitrogens with one attached hydrogen (secondary N) is 1. The Morgan fingerprint density at radius 3 is 2.67 bits per heavy atom. The Bertz CT molecular complexity index is 1170. The number of hydroxylamine groups is 1. The van der Waals surface area contributed by atoms with E-state index in [1.165, 1.54) is 6.08 Å². The lowest BCUT2D eigenvalue weighted by atomic mass is 9.97. The maximum Gasteiger partial charge on any atom is 0.267 e. The van der Waals surface area contributed by atoms with E-state index in [0.29, 0.717) is 5.75 Å². The normalized spacial score (nSPS) is 11.3. The van der Waals surface area contributed by atoms with Crippen molar-refractivity contribution in [2.75, 3.05) is 7.11 Å². The highest BCUT2D eigenvalue weighted by atomic mass is 16.5. The van der Waals surface area contributed by atoms with Crippen LogP contribution in [-0.4, -0.2) is 18.2 Å². The number of para-hydroxylation sites is 1. The SMILES string of the molecule is COc1ccc(/C=C/C(=O)NO)c(-c2ccc3c(c2)oc2ccccc23)c1. The molecule has 5 heteroatoms. The van der Waals surface area contributed by atoms with E-state index >= 15 is 0 Å². The number of amides is 1. The molecule has 5 nitrogen and oxygen atoms in total. The van der Waals surface area contributed by atoms with Gasteiger partial charge in [0.1, 0.15) is 16.9 Å². The molecule has 3 aromatic carbocycles. The van der Waals surface area contributed by atoms with Gasteiger partial charge in [-0.2, -0.15) is 0 Å². The zero-order chi connectivity index (χ0) is 18.8. The second-order valence-corrected chi connectivity index (χ2v) is 6.07. The zero-order valence-corrected chi connectivity index (χ0v) is 14.6. The van der Waals surface area contributed by atoms with E-state index in [9.17, 15) is 4.79 Å². The number of carbonyl (C=O) groups is 1. The summed E-state index contributed by atoms with van der Waals surface area (Å²) in [6, 6.07) is 19.5. The summed E-state index contributed by atoms with van der Waals surface area (Å²) in [5.41, 5.74) is 5.86. The van der Waals surface area contributed by atoms with Gasteiger partial charge >= 0.3 is 0 Å². The maximum atomic E-state index is 11.3. The van der Waals surface area contributed by atoms with E-state index in [0.717, 1.165) is 38.6 Å². The van der Waals surface area contributed by atoms with Crippen LogP contribution in [0.15, 0.2) is 71.2 Å². The van der Waals surface area contributed by atoms with Crippen LogP contribution in [0.4, 0.5) is 0 Å². The Balaban J connectivity index is 1.87. The van der Waals surface area contributed by atoms with Crippen LogP contribution in [0.25, 0.3) is 39.1 Å². The largest absolute Gasteiger partial charge is 0.497 e. The van der Waals surface area contributed by atoms with Gasteiger partial charge in [-0.25, -0.2) is 5.48 Å². The van der Waals surface area contributed by atoms with Crippen molar-refractivity contribution in [1.29, 1.82) is 0 Å². The molecule has 0 bridgehead atoms. The minimum absolute atomic E-state index is 0.593. The van der Waals surface area contributed by atoms with Crippen LogP contribution in [-0.2, 0) is 4.79 Å². The highest BCUT2D eigenvalue weighted by Crippen LogP contribution is 2.34. The van der Waals surface area contributed by atoms with Crippen LogP contribution in [0.3, 0.4) is 0 Å². The summed E-state index contributed by atoms with van der Waals surface area (Å²) in [4.78, 5) is 11.3. The Hall–Kier alpha value is -3.57. The summed E-state index contributed by atoms with van der Waals surface area (Å²) in [6.07, 6.45) is 2.91. The molecule has 0 aliphatic heterocycles. The highest BCUT2D eigenvalue weighted by Gasteiger charge is 2.11. The van der Waals surface area contributed by atoms with Crippen LogP contribution < -0.4 is 10.2 Å². The van der Waals surface area contributed by atoms with Crippen LogP contribution in [0.2, 0.25) is 0 Å².